The molecule has 2 N–H and O–H groups in total. The molecule has 3 aliphatic rings. The molecule has 0 aromatic heterocycles. The minimum absolute atomic E-state index is 0.158. The second-order valence-corrected chi connectivity index (χ2v) is 9.72. The lowest BCUT2D eigenvalue weighted by Crippen LogP contribution is -2.50. The molecule has 2 amide bonds. The van der Waals surface area contributed by atoms with Crippen LogP contribution in [-0.2, 0) is 19.4 Å². The van der Waals surface area contributed by atoms with Crippen molar-refractivity contribution in [2.24, 2.45) is 0 Å². The van der Waals surface area contributed by atoms with Crippen LogP contribution < -0.4 is 5.32 Å². The number of carbonyl (C=O) groups excluding carboxylic acids is 2. The summed E-state index contributed by atoms with van der Waals surface area (Å²) in [5.41, 5.74) is 4.32. The first-order valence-electron chi connectivity index (χ1n) is 11.9. The lowest BCUT2D eigenvalue weighted by Gasteiger charge is -2.35. The standard InChI is InChI=1S/C26H29F2N3O3/c27-26(28)12-21(13-26)29-24(33)19-5-6-23-18(11-19)8-10-31(25(23)34)16-22(32)15-30-9-7-17-3-1-2-4-20(17)14-30/h1-6,11,21-22,32H,7-10,12-16H2,(H,29,33). The SMILES string of the molecule is O=C(NC1CC(F)(F)C1)c1ccc2c(c1)CCN(CC(O)CN1CCc3ccccc3C1)C2=O. The van der Waals surface area contributed by atoms with Crippen molar-refractivity contribution in [2.75, 3.05) is 26.2 Å². The second kappa shape index (κ2) is 9.07. The van der Waals surface area contributed by atoms with Gasteiger partial charge in [0.25, 0.3) is 17.7 Å². The number of hydrogen-bond acceptors (Lipinski definition) is 4. The van der Waals surface area contributed by atoms with Crippen LogP contribution in [-0.4, -0.2) is 71.0 Å². The number of aliphatic hydroxyl groups excluding tert-OH is 1. The molecule has 180 valence electrons. The van der Waals surface area contributed by atoms with E-state index < -0.39 is 24.0 Å². The molecule has 6 nitrogen and oxygen atoms in total. The first kappa shape index (κ1) is 22.9. The molecule has 8 heteroatoms. The maximum absolute atomic E-state index is 13.0. The number of nitrogens with zero attached hydrogens (tertiary/aromatic N) is 2. The molecule has 1 atom stereocenters. The largest absolute Gasteiger partial charge is 0.390 e. The van der Waals surface area contributed by atoms with Crippen LogP contribution in [0.25, 0.3) is 0 Å². The van der Waals surface area contributed by atoms with Crippen molar-refractivity contribution in [1.29, 1.82) is 0 Å². The van der Waals surface area contributed by atoms with Crippen molar-refractivity contribution < 1.29 is 23.5 Å². The third-order valence-corrected chi connectivity index (χ3v) is 7.07. The maximum Gasteiger partial charge on any atom is 0.254 e. The van der Waals surface area contributed by atoms with E-state index in [0.717, 1.165) is 25.1 Å². The minimum atomic E-state index is -2.69. The van der Waals surface area contributed by atoms with Crippen molar-refractivity contribution in [3.05, 3.63) is 70.3 Å². The topological polar surface area (TPSA) is 72.9 Å². The number of aliphatic hydroxyl groups is 1. The van der Waals surface area contributed by atoms with Gasteiger partial charge >= 0.3 is 0 Å². The molecule has 1 saturated carbocycles. The van der Waals surface area contributed by atoms with Crippen LogP contribution in [0.4, 0.5) is 8.78 Å². The Balaban J connectivity index is 1.16. The summed E-state index contributed by atoms with van der Waals surface area (Å²) in [5.74, 6) is -3.24. The molecule has 2 aromatic rings. The molecule has 2 aromatic carbocycles. The van der Waals surface area contributed by atoms with Crippen molar-refractivity contribution in [3.8, 4) is 0 Å². The summed E-state index contributed by atoms with van der Waals surface area (Å²) in [6.07, 6.45) is 0.222. The highest BCUT2D eigenvalue weighted by molar-refractivity contribution is 6.00. The lowest BCUT2D eigenvalue weighted by molar-refractivity contribution is -0.0901. The van der Waals surface area contributed by atoms with Crippen molar-refractivity contribution in [1.82, 2.24) is 15.1 Å². The maximum atomic E-state index is 13.0. The zero-order chi connectivity index (χ0) is 23.9. The third kappa shape index (κ3) is 4.83. The zero-order valence-corrected chi connectivity index (χ0v) is 19.0. The van der Waals surface area contributed by atoms with Crippen LogP contribution in [0, 0.1) is 0 Å². The molecular formula is C26H29F2N3O3. The Bertz CT molecular complexity index is 1100. The molecule has 1 unspecified atom stereocenters. The number of benzene rings is 2. The molecule has 1 fully saturated rings. The molecule has 0 bridgehead atoms. The minimum Gasteiger partial charge on any atom is -0.390 e. The fourth-order valence-corrected chi connectivity index (χ4v) is 5.20. The molecule has 5 rings (SSSR count). The molecule has 0 spiro atoms. The number of rotatable bonds is 6. The molecule has 34 heavy (non-hydrogen) atoms. The van der Waals surface area contributed by atoms with Gasteiger partial charge in [-0.25, -0.2) is 8.78 Å². The van der Waals surface area contributed by atoms with Gasteiger partial charge < -0.3 is 15.3 Å². The highest BCUT2D eigenvalue weighted by Gasteiger charge is 2.46. The molecule has 0 radical (unpaired) electrons. The highest BCUT2D eigenvalue weighted by atomic mass is 19.3. The lowest BCUT2D eigenvalue weighted by atomic mass is 9.88. The molecule has 2 aliphatic heterocycles. The van der Waals surface area contributed by atoms with E-state index in [-0.39, 0.29) is 25.3 Å². The van der Waals surface area contributed by atoms with Crippen LogP contribution in [0.2, 0.25) is 0 Å². The quantitative estimate of drug-likeness (QED) is 0.682. The number of halogens is 2. The number of nitrogens with one attached hydrogen (secondary N) is 1. The molecule has 0 saturated heterocycles. The number of alkyl halides is 2. The monoisotopic (exact) mass is 469 g/mol. The number of carbonyl (C=O) groups is 2. The summed E-state index contributed by atoms with van der Waals surface area (Å²) in [6.45, 7) is 2.91. The molecule has 2 heterocycles. The van der Waals surface area contributed by atoms with Crippen molar-refractivity contribution >= 4 is 11.8 Å². The predicted octanol–water partition coefficient (Wildman–Crippen LogP) is 2.63. The fraction of sp³-hybridized carbons (Fsp3) is 0.462. The van der Waals surface area contributed by atoms with Crippen molar-refractivity contribution in [2.45, 2.75) is 50.3 Å². The van der Waals surface area contributed by atoms with E-state index in [2.05, 4.69) is 22.3 Å². The number of hydrogen-bond donors (Lipinski definition) is 2. The Morgan fingerprint density at radius 2 is 1.79 bits per heavy atom. The average Bonchev–Trinajstić information content (AvgIpc) is 2.79. The van der Waals surface area contributed by atoms with Gasteiger partial charge in [0.15, 0.2) is 0 Å². The number of β-amino-alcohol motifs (C(OH)–C–C–N with tert-alkyl or cyclic N) is 1. The van der Waals surface area contributed by atoms with E-state index in [0.29, 0.717) is 30.6 Å². The van der Waals surface area contributed by atoms with Crippen LogP contribution in [0.5, 0.6) is 0 Å². The Kier molecular flexibility index (Phi) is 6.12. The van der Waals surface area contributed by atoms with E-state index in [9.17, 15) is 23.5 Å². The summed E-state index contributed by atoms with van der Waals surface area (Å²) in [7, 11) is 0. The van der Waals surface area contributed by atoms with Gasteiger partial charge in [0.2, 0.25) is 0 Å². The average molecular weight is 470 g/mol. The normalized spacial score (nSPS) is 20.8. The second-order valence-electron chi connectivity index (χ2n) is 9.72. The van der Waals surface area contributed by atoms with E-state index in [1.165, 1.54) is 11.1 Å². The van der Waals surface area contributed by atoms with Crippen LogP contribution in [0.1, 0.15) is 50.2 Å². The van der Waals surface area contributed by atoms with Gasteiger partial charge in [-0.15, -0.1) is 0 Å². The first-order chi connectivity index (χ1) is 16.3. The predicted molar refractivity (Wildman–Crippen MR) is 123 cm³/mol. The van der Waals surface area contributed by atoms with E-state index in [1.807, 2.05) is 12.1 Å². The Labute approximate surface area is 197 Å². The Hall–Kier alpha value is -2.84. The molecular weight excluding hydrogens is 440 g/mol. The number of fused-ring (bicyclic) bond motifs is 2. The molecule has 1 aliphatic carbocycles. The Morgan fingerprint density at radius 1 is 1.06 bits per heavy atom. The number of amides is 2. The Morgan fingerprint density at radius 3 is 2.56 bits per heavy atom. The summed E-state index contributed by atoms with van der Waals surface area (Å²) in [4.78, 5) is 29.3. The van der Waals surface area contributed by atoms with Crippen LogP contribution in [0.3, 0.4) is 0 Å². The van der Waals surface area contributed by atoms with Gasteiger partial charge in [0.1, 0.15) is 0 Å². The summed E-state index contributed by atoms with van der Waals surface area (Å²) in [6, 6.07) is 12.7. The van der Waals surface area contributed by atoms with Gasteiger partial charge in [0, 0.05) is 62.7 Å². The van der Waals surface area contributed by atoms with Gasteiger partial charge in [-0.1, -0.05) is 24.3 Å². The van der Waals surface area contributed by atoms with Crippen LogP contribution >= 0.6 is 0 Å². The van der Waals surface area contributed by atoms with Gasteiger partial charge in [-0.3, -0.25) is 14.5 Å². The summed E-state index contributed by atoms with van der Waals surface area (Å²) < 4.78 is 26.0. The van der Waals surface area contributed by atoms with Gasteiger partial charge in [0.05, 0.1) is 6.10 Å². The van der Waals surface area contributed by atoms with E-state index in [4.69, 9.17) is 0 Å². The van der Waals surface area contributed by atoms with Crippen LogP contribution in [0.15, 0.2) is 42.5 Å². The summed E-state index contributed by atoms with van der Waals surface area (Å²) >= 11 is 0. The first-order valence-corrected chi connectivity index (χ1v) is 11.9. The van der Waals surface area contributed by atoms with Gasteiger partial charge in [-0.2, -0.15) is 0 Å². The smallest absolute Gasteiger partial charge is 0.254 e. The fourth-order valence-electron chi connectivity index (χ4n) is 5.20. The zero-order valence-electron chi connectivity index (χ0n) is 19.0. The summed E-state index contributed by atoms with van der Waals surface area (Å²) in [5, 5.41) is 13.3. The third-order valence-electron chi connectivity index (χ3n) is 7.07. The van der Waals surface area contributed by atoms with E-state index >= 15 is 0 Å². The van der Waals surface area contributed by atoms with Gasteiger partial charge in [-0.05, 0) is 47.7 Å². The highest BCUT2D eigenvalue weighted by Crippen LogP contribution is 2.37. The van der Waals surface area contributed by atoms with Crippen molar-refractivity contribution in [3.63, 3.8) is 0 Å². The van der Waals surface area contributed by atoms with E-state index in [1.54, 1.807) is 23.1 Å².